The summed E-state index contributed by atoms with van der Waals surface area (Å²) < 4.78 is 0. The summed E-state index contributed by atoms with van der Waals surface area (Å²) in [5.41, 5.74) is 6.55. The predicted octanol–water partition coefficient (Wildman–Crippen LogP) is 1.02. The molecule has 0 saturated heterocycles. The number of amides is 1. The highest BCUT2D eigenvalue weighted by Gasteiger charge is 2.22. The van der Waals surface area contributed by atoms with Crippen LogP contribution in [0.25, 0.3) is 0 Å². The molecule has 5 nitrogen and oxygen atoms in total. The minimum atomic E-state index is -0.425. The first-order chi connectivity index (χ1) is 10.6. The summed E-state index contributed by atoms with van der Waals surface area (Å²) in [4.78, 5) is 24.1. The number of nitrogens with one attached hydrogen (secondary N) is 2. The van der Waals surface area contributed by atoms with Gasteiger partial charge in [-0.15, -0.1) is 0 Å². The van der Waals surface area contributed by atoms with Crippen molar-refractivity contribution in [2.45, 2.75) is 44.7 Å². The molecule has 0 aliphatic carbocycles. The van der Waals surface area contributed by atoms with Gasteiger partial charge in [0.25, 0.3) is 0 Å². The highest BCUT2D eigenvalue weighted by atomic mass is 16.2. The first-order valence-electron chi connectivity index (χ1n) is 7.80. The van der Waals surface area contributed by atoms with E-state index in [9.17, 15) is 9.59 Å². The summed E-state index contributed by atoms with van der Waals surface area (Å²) in [6.45, 7) is 2.12. The van der Waals surface area contributed by atoms with Crippen molar-refractivity contribution in [3.63, 3.8) is 0 Å². The fourth-order valence-electron chi connectivity index (χ4n) is 2.32. The first-order valence-corrected chi connectivity index (χ1v) is 7.80. The normalized spacial score (nSPS) is 13.4. The van der Waals surface area contributed by atoms with Crippen molar-refractivity contribution in [1.82, 2.24) is 10.6 Å². The van der Waals surface area contributed by atoms with Crippen LogP contribution >= 0.6 is 0 Å². The van der Waals surface area contributed by atoms with Crippen LogP contribution in [0.4, 0.5) is 0 Å². The lowest BCUT2D eigenvalue weighted by Gasteiger charge is -2.21. The van der Waals surface area contributed by atoms with E-state index in [-0.39, 0.29) is 17.7 Å². The number of carbonyl (C=O) groups is 2. The van der Waals surface area contributed by atoms with Gasteiger partial charge in [0.2, 0.25) is 5.91 Å². The molecular weight excluding hydrogens is 278 g/mol. The molecule has 5 heteroatoms. The fourth-order valence-corrected chi connectivity index (χ4v) is 2.32. The van der Waals surface area contributed by atoms with Crippen molar-refractivity contribution < 1.29 is 9.59 Å². The van der Waals surface area contributed by atoms with Crippen molar-refractivity contribution in [2.75, 3.05) is 13.6 Å². The Morgan fingerprint density at radius 1 is 1.14 bits per heavy atom. The predicted molar refractivity (Wildman–Crippen MR) is 88.5 cm³/mol. The summed E-state index contributed by atoms with van der Waals surface area (Å²) in [5, 5.41) is 5.87. The number of nitrogens with two attached hydrogens (primary N) is 1. The van der Waals surface area contributed by atoms with Crippen LogP contribution in [0, 0.1) is 0 Å². The Morgan fingerprint density at radius 2 is 1.82 bits per heavy atom. The van der Waals surface area contributed by atoms with E-state index in [1.165, 1.54) is 6.92 Å². The van der Waals surface area contributed by atoms with Crippen molar-refractivity contribution in [3.8, 4) is 0 Å². The lowest BCUT2D eigenvalue weighted by Crippen LogP contribution is -2.49. The van der Waals surface area contributed by atoms with E-state index in [0.29, 0.717) is 19.4 Å². The van der Waals surface area contributed by atoms with E-state index in [1.807, 2.05) is 30.3 Å². The zero-order valence-electron chi connectivity index (χ0n) is 13.5. The molecule has 0 saturated carbocycles. The molecule has 0 aliphatic heterocycles. The second kappa shape index (κ2) is 10.1. The number of benzene rings is 1. The van der Waals surface area contributed by atoms with Gasteiger partial charge in [0.15, 0.2) is 5.78 Å². The molecule has 1 aromatic rings. The number of ketones is 1. The zero-order chi connectivity index (χ0) is 16.4. The Bertz CT molecular complexity index is 462. The second-order valence-corrected chi connectivity index (χ2v) is 5.49. The van der Waals surface area contributed by atoms with E-state index in [4.69, 9.17) is 5.73 Å². The van der Waals surface area contributed by atoms with Crippen LogP contribution in [0.3, 0.4) is 0 Å². The Labute approximate surface area is 132 Å². The van der Waals surface area contributed by atoms with Crippen LogP contribution in [0.1, 0.15) is 31.7 Å². The molecule has 122 valence electrons. The van der Waals surface area contributed by atoms with E-state index >= 15 is 0 Å². The molecule has 22 heavy (non-hydrogen) atoms. The van der Waals surface area contributed by atoms with Crippen molar-refractivity contribution >= 4 is 11.7 Å². The molecule has 0 aromatic heterocycles. The van der Waals surface area contributed by atoms with Gasteiger partial charge < -0.3 is 16.4 Å². The van der Waals surface area contributed by atoms with E-state index in [0.717, 1.165) is 18.4 Å². The summed E-state index contributed by atoms with van der Waals surface area (Å²) in [5.74, 6) is -0.153. The SMILES string of the molecule is CNC(Cc1ccccc1)C(=O)NC(CCCCN)C(C)=O. The Balaban J connectivity index is 2.59. The van der Waals surface area contributed by atoms with Crippen LogP contribution < -0.4 is 16.4 Å². The number of unbranched alkanes of at least 4 members (excludes halogenated alkanes) is 1. The fraction of sp³-hybridized carbons (Fsp3) is 0.529. The van der Waals surface area contributed by atoms with Crippen molar-refractivity contribution in [1.29, 1.82) is 0 Å². The topological polar surface area (TPSA) is 84.2 Å². The minimum absolute atomic E-state index is 0.0139. The van der Waals surface area contributed by atoms with Crippen LogP contribution in [0.2, 0.25) is 0 Å². The number of likely N-dealkylation sites (N-methyl/N-ethyl adjacent to an activating group) is 1. The van der Waals surface area contributed by atoms with E-state index in [2.05, 4.69) is 10.6 Å². The van der Waals surface area contributed by atoms with Crippen LogP contribution in [-0.2, 0) is 16.0 Å². The average Bonchev–Trinajstić information content (AvgIpc) is 2.52. The zero-order valence-corrected chi connectivity index (χ0v) is 13.5. The maximum absolute atomic E-state index is 12.4. The monoisotopic (exact) mass is 305 g/mol. The minimum Gasteiger partial charge on any atom is -0.345 e. The van der Waals surface area contributed by atoms with Gasteiger partial charge in [-0.2, -0.15) is 0 Å². The van der Waals surface area contributed by atoms with Crippen molar-refractivity contribution in [2.24, 2.45) is 5.73 Å². The quantitative estimate of drug-likeness (QED) is 0.564. The second-order valence-electron chi connectivity index (χ2n) is 5.49. The molecule has 0 aliphatic rings. The molecule has 1 rings (SSSR count). The highest BCUT2D eigenvalue weighted by Crippen LogP contribution is 2.06. The summed E-state index contributed by atoms with van der Waals surface area (Å²) >= 11 is 0. The molecule has 0 bridgehead atoms. The third-order valence-electron chi connectivity index (χ3n) is 3.70. The van der Waals surface area contributed by atoms with Gasteiger partial charge in [-0.25, -0.2) is 0 Å². The molecule has 0 fully saturated rings. The number of hydrogen-bond acceptors (Lipinski definition) is 4. The van der Waals surface area contributed by atoms with Crippen LogP contribution in [0.15, 0.2) is 30.3 Å². The standard InChI is InChI=1S/C17H27N3O2/c1-13(21)15(10-6-7-11-18)20-17(22)16(19-2)12-14-8-4-3-5-9-14/h3-5,8-9,15-16,19H,6-7,10-12,18H2,1-2H3,(H,20,22). The summed E-state index contributed by atoms with van der Waals surface area (Å²) in [6.07, 6.45) is 2.93. The lowest BCUT2D eigenvalue weighted by molar-refractivity contribution is -0.128. The third-order valence-corrected chi connectivity index (χ3v) is 3.70. The Kier molecular flexibility index (Phi) is 8.40. The Morgan fingerprint density at radius 3 is 2.36 bits per heavy atom. The first kappa shape index (κ1) is 18.3. The molecule has 0 heterocycles. The van der Waals surface area contributed by atoms with Crippen LogP contribution in [-0.4, -0.2) is 37.4 Å². The van der Waals surface area contributed by atoms with Gasteiger partial charge in [-0.3, -0.25) is 9.59 Å². The highest BCUT2D eigenvalue weighted by molar-refractivity contribution is 5.89. The maximum atomic E-state index is 12.4. The Hall–Kier alpha value is -1.72. The van der Waals surface area contributed by atoms with Gasteiger partial charge in [0, 0.05) is 0 Å². The van der Waals surface area contributed by atoms with Gasteiger partial charge >= 0.3 is 0 Å². The molecule has 4 N–H and O–H groups in total. The molecule has 2 atom stereocenters. The van der Waals surface area contributed by atoms with Gasteiger partial charge in [-0.1, -0.05) is 30.3 Å². The number of carbonyl (C=O) groups excluding carboxylic acids is 2. The lowest BCUT2D eigenvalue weighted by atomic mass is 10.0. The molecular formula is C17H27N3O2. The van der Waals surface area contributed by atoms with Crippen molar-refractivity contribution in [3.05, 3.63) is 35.9 Å². The molecule has 1 aromatic carbocycles. The maximum Gasteiger partial charge on any atom is 0.238 e. The van der Waals surface area contributed by atoms with Gasteiger partial charge in [0.05, 0.1) is 12.1 Å². The summed E-state index contributed by atoms with van der Waals surface area (Å²) in [7, 11) is 1.75. The van der Waals surface area contributed by atoms with E-state index in [1.54, 1.807) is 7.05 Å². The summed E-state index contributed by atoms with van der Waals surface area (Å²) in [6, 6.07) is 9.05. The number of hydrogen-bond donors (Lipinski definition) is 3. The van der Waals surface area contributed by atoms with Gasteiger partial charge in [-0.05, 0) is 51.8 Å². The van der Waals surface area contributed by atoms with Gasteiger partial charge in [0.1, 0.15) is 0 Å². The van der Waals surface area contributed by atoms with E-state index < -0.39 is 6.04 Å². The molecule has 1 amide bonds. The largest absolute Gasteiger partial charge is 0.345 e. The average molecular weight is 305 g/mol. The molecule has 0 radical (unpaired) electrons. The third kappa shape index (κ3) is 6.37. The molecule has 2 unspecified atom stereocenters. The smallest absolute Gasteiger partial charge is 0.238 e. The molecule has 0 spiro atoms. The number of Topliss-reactive ketones (excluding diaryl/α,β-unsaturated/α-hetero) is 1. The van der Waals surface area contributed by atoms with Crippen LogP contribution in [0.5, 0.6) is 0 Å². The number of rotatable bonds is 10.